The zero-order valence-corrected chi connectivity index (χ0v) is 19.3. The van der Waals surface area contributed by atoms with Gasteiger partial charge < -0.3 is 19.9 Å². The van der Waals surface area contributed by atoms with Crippen molar-refractivity contribution in [3.8, 4) is 11.5 Å². The molecule has 0 aromatic heterocycles. The van der Waals surface area contributed by atoms with Crippen molar-refractivity contribution >= 4 is 23.2 Å². The average Bonchev–Trinajstić information content (AvgIpc) is 2.77. The molecular formula is C24H30ClN3O4. The molecule has 0 bridgehead atoms. The lowest BCUT2D eigenvalue weighted by atomic mass is 10.1. The number of β-amino-alcohol motifs (C(OH)–C–C–N with tert-alkyl or cyclic N) is 1. The van der Waals surface area contributed by atoms with Gasteiger partial charge in [-0.15, -0.1) is 0 Å². The topological polar surface area (TPSA) is 74.3 Å². The van der Waals surface area contributed by atoms with Gasteiger partial charge in [0.25, 0.3) is 0 Å². The van der Waals surface area contributed by atoms with E-state index in [2.05, 4.69) is 15.1 Å². The predicted octanol–water partition coefficient (Wildman–Crippen LogP) is 2.71. The second-order valence-electron chi connectivity index (χ2n) is 8.55. The zero-order chi connectivity index (χ0) is 22.7. The van der Waals surface area contributed by atoms with E-state index in [9.17, 15) is 9.90 Å². The van der Waals surface area contributed by atoms with E-state index in [4.69, 9.17) is 21.1 Å². The largest absolute Gasteiger partial charge is 0.486 e. The maximum atomic E-state index is 12.3. The summed E-state index contributed by atoms with van der Waals surface area (Å²) in [5, 5.41) is 14.3. The van der Waals surface area contributed by atoms with Gasteiger partial charge in [-0.1, -0.05) is 11.6 Å². The number of carbonyl (C=O) groups excluding carboxylic acids is 1. The molecule has 8 heteroatoms. The summed E-state index contributed by atoms with van der Waals surface area (Å²) in [7, 11) is 0. The van der Waals surface area contributed by atoms with Crippen molar-refractivity contribution in [2.24, 2.45) is 0 Å². The quantitative estimate of drug-likeness (QED) is 0.692. The van der Waals surface area contributed by atoms with Gasteiger partial charge in [0.1, 0.15) is 12.7 Å². The lowest BCUT2D eigenvalue weighted by molar-refractivity contribution is -0.117. The normalized spacial score (nSPS) is 20.1. The number of amides is 1. The van der Waals surface area contributed by atoms with Crippen molar-refractivity contribution < 1.29 is 19.4 Å². The molecule has 2 aromatic carbocycles. The number of benzene rings is 2. The van der Waals surface area contributed by atoms with E-state index in [0.29, 0.717) is 30.5 Å². The molecule has 2 N–H and O–H groups in total. The van der Waals surface area contributed by atoms with Gasteiger partial charge in [-0.3, -0.25) is 14.6 Å². The number of aliphatic hydroxyl groups is 1. The summed E-state index contributed by atoms with van der Waals surface area (Å²) < 4.78 is 11.9. The summed E-state index contributed by atoms with van der Waals surface area (Å²) in [6.07, 6.45) is -1.04. The van der Waals surface area contributed by atoms with Crippen LogP contribution in [0.4, 0.5) is 5.69 Å². The van der Waals surface area contributed by atoms with Crippen LogP contribution >= 0.6 is 11.6 Å². The fourth-order valence-electron chi connectivity index (χ4n) is 3.98. The Morgan fingerprint density at radius 2 is 1.72 bits per heavy atom. The van der Waals surface area contributed by atoms with Gasteiger partial charge in [0, 0.05) is 43.4 Å². The van der Waals surface area contributed by atoms with Crippen LogP contribution in [0.3, 0.4) is 0 Å². The van der Waals surface area contributed by atoms with Gasteiger partial charge >= 0.3 is 0 Å². The van der Waals surface area contributed by atoms with E-state index in [1.165, 1.54) is 0 Å². The number of hydrogen-bond acceptors (Lipinski definition) is 6. The van der Waals surface area contributed by atoms with Crippen molar-refractivity contribution in [2.75, 3.05) is 51.2 Å². The van der Waals surface area contributed by atoms with Crippen LogP contribution in [0.25, 0.3) is 0 Å². The number of anilines is 1. The Morgan fingerprint density at radius 1 is 1.09 bits per heavy atom. The van der Waals surface area contributed by atoms with Crippen LogP contribution in [0.15, 0.2) is 36.4 Å². The molecule has 1 saturated heterocycles. The number of aryl methyl sites for hydroxylation is 2. The van der Waals surface area contributed by atoms with Crippen molar-refractivity contribution in [3.63, 3.8) is 0 Å². The second-order valence-corrected chi connectivity index (χ2v) is 8.99. The Morgan fingerprint density at radius 3 is 2.41 bits per heavy atom. The summed E-state index contributed by atoms with van der Waals surface area (Å²) in [5.74, 6) is 1.39. The molecule has 1 amide bonds. The van der Waals surface area contributed by atoms with E-state index in [0.717, 1.165) is 48.7 Å². The van der Waals surface area contributed by atoms with Crippen LogP contribution in [0.2, 0.25) is 5.02 Å². The van der Waals surface area contributed by atoms with Crippen LogP contribution in [0.5, 0.6) is 11.5 Å². The lowest BCUT2D eigenvalue weighted by Gasteiger charge is -2.37. The van der Waals surface area contributed by atoms with Gasteiger partial charge in [-0.2, -0.15) is 0 Å². The van der Waals surface area contributed by atoms with E-state index in [1.807, 2.05) is 26.0 Å². The van der Waals surface area contributed by atoms with Gasteiger partial charge in [-0.05, 0) is 61.4 Å². The van der Waals surface area contributed by atoms with Crippen LogP contribution in [-0.4, -0.2) is 78.9 Å². The summed E-state index contributed by atoms with van der Waals surface area (Å²) >= 11 is 5.88. The van der Waals surface area contributed by atoms with Gasteiger partial charge in [0.2, 0.25) is 5.91 Å². The zero-order valence-electron chi connectivity index (χ0n) is 18.5. The molecule has 2 atom stereocenters. The van der Waals surface area contributed by atoms with Crippen molar-refractivity contribution in [1.82, 2.24) is 9.80 Å². The first-order valence-corrected chi connectivity index (χ1v) is 11.3. The maximum absolute atomic E-state index is 12.3. The Bertz CT molecular complexity index is 945. The molecule has 0 radical (unpaired) electrons. The minimum atomic E-state index is -0.649. The number of carbonyl (C=O) groups is 1. The second kappa shape index (κ2) is 10.1. The number of piperazine rings is 1. The minimum Gasteiger partial charge on any atom is -0.486 e. The number of aliphatic hydroxyl groups excluding tert-OH is 1. The number of ether oxygens (including phenoxy) is 2. The summed E-state index contributed by atoms with van der Waals surface area (Å²) in [6, 6.07) is 11.0. The summed E-state index contributed by atoms with van der Waals surface area (Å²) in [5.41, 5.74) is 3.03. The number of hydrogen-bond donors (Lipinski definition) is 2. The van der Waals surface area contributed by atoms with Crippen LogP contribution in [0.1, 0.15) is 11.1 Å². The number of halogens is 1. The van der Waals surface area contributed by atoms with E-state index in [1.54, 1.807) is 24.3 Å². The van der Waals surface area contributed by atoms with Crippen LogP contribution < -0.4 is 14.8 Å². The monoisotopic (exact) mass is 459 g/mol. The first-order chi connectivity index (χ1) is 15.4. The molecule has 4 rings (SSSR count). The maximum Gasteiger partial charge on any atom is 0.238 e. The Kier molecular flexibility index (Phi) is 7.20. The number of fused-ring (bicyclic) bond motifs is 1. The molecule has 172 valence electrons. The molecule has 2 aromatic rings. The summed E-state index contributed by atoms with van der Waals surface area (Å²) in [6.45, 7) is 8.37. The van der Waals surface area contributed by atoms with Crippen LogP contribution in [-0.2, 0) is 4.79 Å². The number of rotatable bonds is 6. The van der Waals surface area contributed by atoms with Gasteiger partial charge in [-0.25, -0.2) is 0 Å². The molecule has 2 aliphatic rings. The smallest absolute Gasteiger partial charge is 0.238 e. The third kappa shape index (κ3) is 5.72. The molecule has 2 unspecified atom stereocenters. The van der Waals surface area contributed by atoms with E-state index < -0.39 is 12.2 Å². The highest BCUT2D eigenvalue weighted by Gasteiger charge is 2.30. The summed E-state index contributed by atoms with van der Waals surface area (Å²) in [4.78, 5) is 16.6. The minimum absolute atomic E-state index is 0.0437. The molecule has 1 fully saturated rings. The fourth-order valence-corrected chi connectivity index (χ4v) is 4.10. The van der Waals surface area contributed by atoms with Gasteiger partial charge in [0.15, 0.2) is 17.6 Å². The standard InChI is InChI=1S/C24H30ClN3O4/c1-16-11-21-22(12-17(16)2)32-23(15-31-21)20(29)13-27-7-9-28(10-8-27)14-24(30)26-19-5-3-18(25)4-6-19/h3-6,11-12,20,23,29H,7-10,13-15H2,1-2H3,(H,26,30). The highest BCUT2D eigenvalue weighted by atomic mass is 35.5. The van der Waals surface area contributed by atoms with E-state index >= 15 is 0 Å². The third-order valence-electron chi connectivity index (χ3n) is 6.08. The predicted molar refractivity (Wildman–Crippen MR) is 125 cm³/mol. The SMILES string of the molecule is Cc1cc2c(cc1C)OC(C(O)CN1CCN(CC(=O)Nc3ccc(Cl)cc3)CC1)CO2. The van der Waals surface area contributed by atoms with Crippen LogP contribution in [0, 0.1) is 13.8 Å². The van der Waals surface area contributed by atoms with E-state index in [-0.39, 0.29) is 5.91 Å². The van der Waals surface area contributed by atoms with Crippen molar-refractivity contribution in [1.29, 1.82) is 0 Å². The molecule has 0 spiro atoms. The lowest BCUT2D eigenvalue weighted by Crippen LogP contribution is -2.53. The number of nitrogens with zero attached hydrogens (tertiary/aromatic N) is 2. The number of nitrogens with one attached hydrogen (secondary N) is 1. The third-order valence-corrected chi connectivity index (χ3v) is 6.33. The molecule has 7 nitrogen and oxygen atoms in total. The molecular weight excluding hydrogens is 430 g/mol. The fraction of sp³-hybridized carbons (Fsp3) is 0.458. The molecule has 0 saturated carbocycles. The molecule has 2 aliphatic heterocycles. The Labute approximate surface area is 193 Å². The highest BCUT2D eigenvalue weighted by Crippen LogP contribution is 2.35. The Balaban J connectivity index is 1.21. The van der Waals surface area contributed by atoms with Crippen molar-refractivity contribution in [3.05, 3.63) is 52.5 Å². The average molecular weight is 460 g/mol. The first-order valence-electron chi connectivity index (χ1n) is 11.0. The molecule has 0 aliphatic carbocycles. The molecule has 32 heavy (non-hydrogen) atoms. The molecule has 2 heterocycles. The first kappa shape index (κ1) is 22.9. The Hall–Kier alpha value is -2.32. The van der Waals surface area contributed by atoms with Crippen molar-refractivity contribution in [2.45, 2.75) is 26.1 Å². The highest BCUT2D eigenvalue weighted by molar-refractivity contribution is 6.30. The van der Waals surface area contributed by atoms with Gasteiger partial charge in [0.05, 0.1) is 6.54 Å².